The van der Waals surface area contributed by atoms with Crippen molar-refractivity contribution in [2.45, 2.75) is 13.0 Å². The number of nitrogens with zero attached hydrogens (tertiary/aromatic N) is 1. The fourth-order valence-electron chi connectivity index (χ4n) is 2.09. The van der Waals surface area contributed by atoms with E-state index in [2.05, 4.69) is 15.8 Å². The second-order valence-corrected chi connectivity index (χ2v) is 5.23. The highest BCUT2D eigenvalue weighted by atomic mass is 16.5. The average molecular weight is 343 g/mol. The van der Waals surface area contributed by atoms with Crippen LogP contribution in [-0.2, 0) is 4.79 Å². The zero-order chi connectivity index (χ0) is 18.2. The highest BCUT2D eigenvalue weighted by Gasteiger charge is 2.13. The molecular weight excluding hydrogens is 322 g/mol. The lowest BCUT2D eigenvalue weighted by Crippen LogP contribution is -2.35. The van der Waals surface area contributed by atoms with Crippen LogP contribution in [0.4, 0.5) is 5.69 Å². The number of phenolic OH excluding ortho intramolecular Hbond substituents is 1. The number of hydrogen-bond donors (Lipinski definition) is 3. The summed E-state index contributed by atoms with van der Waals surface area (Å²) in [6, 6.07) is 11.5. The lowest BCUT2D eigenvalue weighted by Gasteiger charge is -2.15. The minimum Gasteiger partial charge on any atom is -0.507 e. The molecule has 2 aromatic carbocycles. The van der Waals surface area contributed by atoms with Gasteiger partial charge in [0.2, 0.25) is 0 Å². The summed E-state index contributed by atoms with van der Waals surface area (Å²) in [5.41, 5.74) is 3.57. The molecule has 0 radical (unpaired) electrons. The Morgan fingerprint density at radius 2 is 1.96 bits per heavy atom. The van der Waals surface area contributed by atoms with Crippen molar-refractivity contribution in [1.82, 2.24) is 5.43 Å². The van der Waals surface area contributed by atoms with Gasteiger partial charge in [0.25, 0.3) is 5.91 Å². The summed E-state index contributed by atoms with van der Waals surface area (Å²) in [4.78, 5) is 12.1. The summed E-state index contributed by atoms with van der Waals surface area (Å²) in [5, 5.41) is 16.7. The molecule has 0 aliphatic carbocycles. The van der Waals surface area contributed by atoms with E-state index in [1.165, 1.54) is 19.4 Å². The van der Waals surface area contributed by atoms with Gasteiger partial charge in [0.05, 0.1) is 26.1 Å². The van der Waals surface area contributed by atoms with E-state index < -0.39 is 6.04 Å². The lowest BCUT2D eigenvalue weighted by atomic mass is 10.2. The average Bonchev–Trinajstić information content (AvgIpc) is 2.63. The third kappa shape index (κ3) is 4.87. The molecule has 0 spiro atoms. The molecular formula is C18H21N3O4. The predicted molar refractivity (Wildman–Crippen MR) is 96.5 cm³/mol. The Balaban J connectivity index is 1.97. The van der Waals surface area contributed by atoms with E-state index in [0.29, 0.717) is 22.7 Å². The highest BCUT2D eigenvalue weighted by Crippen LogP contribution is 2.24. The van der Waals surface area contributed by atoms with Crippen molar-refractivity contribution < 1.29 is 19.4 Å². The number of phenols is 1. The van der Waals surface area contributed by atoms with Gasteiger partial charge in [-0.3, -0.25) is 4.79 Å². The van der Waals surface area contributed by atoms with Gasteiger partial charge in [-0.05, 0) is 37.3 Å². The molecule has 0 saturated carbocycles. The first-order chi connectivity index (χ1) is 12.0. The molecule has 1 atom stereocenters. The van der Waals surface area contributed by atoms with Crippen LogP contribution in [0.2, 0.25) is 0 Å². The molecule has 0 bridgehead atoms. The smallest absolute Gasteiger partial charge is 0.262 e. The van der Waals surface area contributed by atoms with Crippen molar-refractivity contribution in [3.8, 4) is 17.2 Å². The number of amides is 1. The molecule has 25 heavy (non-hydrogen) atoms. The Kier molecular flexibility index (Phi) is 6.22. The topological polar surface area (TPSA) is 92.2 Å². The summed E-state index contributed by atoms with van der Waals surface area (Å²) in [7, 11) is 3.09. The first-order valence-electron chi connectivity index (χ1n) is 7.64. The molecule has 1 amide bonds. The van der Waals surface area contributed by atoms with Crippen LogP contribution in [0, 0.1) is 0 Å². The number of benzene rings is 2. The summed E-state index contributed by atoms with van der Waals surface area (Å²) in [5.74, 6) is 0.937. The fraction of sp³-hybridized carbons (Fsp3) is 0.222. The van der Waals surface area contributed by atoms with Gasteiger partial charge >= 0.3 is 0 Å². The number of aromatic hydroxyl groups is 1. The van der Waals surface area contributed by atoms with Crippen molar-refractivity contribution in [3.05, 3.63) is 48.0 Å². The Labute approximate surface area is 146 Å². The molecule has 0 aromatic heterocycles. The van der Waals surface area contributed by atoms with Gasteiger partial charge in [-0.15, -0.1) is 0 Å². The van der Waals surface area contributed by atoms with Crippen molar-refractivity contribution in [2.24, 2.45) is 5.10 Å². The number of carbonyl (C=O) groups is 1. The minimum atomic E-state index is -0.535. The van der Waals surface area contributed by atoms with Crippen LogP contribution in [-0.4, -0.2) is 37.5 Å². The molecule has 0 heterocycles. The van der Waals surface area contributed by atoms with E-state index >= 15 is 0 Å². The van der Waals surface area contributed by atoms with Crippen LogP contribution in [0.5, 0.6) is 17.2 Å². The molecule has 2 aromatic rings. The number of hydrogen-bond acceptors (Lipinski definition) is 6. The predicted octanol–water partition coefficient (Wildman–Crippen LogP) is 2.36. The van der Waals surface area contributed by atoms with Crippen molar-refractivity contribution in [3.63, 3.8) is 0 Å². The van der Waals surface area contributed by atoms with Crippen LogP contribution in [0.25, 0.3) is 0 Å². The molecule has 0 saturated heterocycles. The zero-order valence-electron chi connectivity index (χ0n) is 14.3. The van der Waals surface area contributed by atoms with E-state index in [-0.39, 0.29) is 11.7 Å². The summed E-state index contributed by atoms with van der Waals surface area (Å²) >= 11 is 0. The Morgan fingerprint density at radius 3 is 2.68 bits per heavy atom. The number of anilines is 1. The Morgan fingerprint density at radius 1 is 1.20 bits per heavy atom. The van der Waals surface area contributed by atoms with Crippen LogP contribution >= 0.6 is 0 Å². The highest BCUT2D eigenvalue weighted by molar-refractivity contribution is 5.88. The van der Waals surface area contributed by atoms with E-state index in [4.69, 9.17) is 9.47 Å². The van der Waals surface area contributed by atoms with E-state index in [0.717, 1.165) is 0 Å². The fourth-order valence-corrected chi connectivity index (χ4v) is 2.09. The van der Waals surface area contributed by atoms with E-state index in [1.807, 2.05) is 18.2 Å². The SMILES string of the molecule is COc1ccc(O)c(/C=N\NC(=O)[C@@H](C)Nc2ccccc2OC)c1. The summed E-state index contributed by atoms with van der Waals surface area (Å²) < 4.78 is 10.3. The Hall–Kier alpha value is -3.22. The van der Waals surface area contributed by atoms with Crippen LogP contribution in [0.3, 0.4) is 0 Å². The van der Waals surface area contributed by atoms with Gasteiger partial charge in [0.15, 0.2) is 0 Å². The maximum Gasteiger partial charge on any atom is 0.262 e. The third-order valence-corrected chi connectivity index (χ3v) is 3.49. The molecule has 0 fully saturated rings. The molecule has 0 unspecified atom stereocenters. The largest absolute Gasteiger partial charge is 0.507 e. The molecule has 3 N–H and O–H groups in total. The molecule has 0 aliphatic heterocycles. The lowest BCUT2D eigenvalue weighted by molar-refractivity contribution is -0.121. The second kappa shape index (κ2) is 8.58. The number of rotatable bonds is 7. The number of para-hydroxylation sites is 2. The number of carbonyl (C=O) groups excluding carboxylic acids is 1. The molecule has 2 rings (SSSR count). The van der Waals surface area contributed by atoms with Gasteiger partial charge in [0, 0.05) is 5.56 Å². The normalized spacial score (nSPS) is 11.8. The summed E-state index contributed by atoms with van der Waals surface area (Å²) in [6.07, 6.45) is 1.35. The van der Waals surface area contributed by atoms with Crippen LogP contribution in [0.15, 0.2) is 47.6 Å². The number of hydrazone groups is 1. The second-order valence-electron chi connectivity index (χ2n) is 5.23. The van der Waals surface area contributed by atoms with E-state index in [9.17, 15) is 9.90 Å². The van der Waals surface area contributed by atoms with Crippen molar-refractivity contribution in [1.29, 1.82) is 0 Å². The number of methoxy groups -OCH3 is 2. The molecule has 7 nitrogen and oxygen atoms in total. The first-order valence-corrected chi connectivity index (χ1v) is 7.64. The monoisotopic (exact) mass is 343 g/mol. The Bertz CT molecular complexity index is 762. The summed E-state index contributed by atoms with van der Waals surface area (Å²) in [6.45, 7) is 1.71. The van der Waals surface area contributed by atoms with Crippen molar-refractivity contribution >= 4 is 17.8 Å². The quantitative estimate of drug-likeness (QED) is 0.530. The molecule has 0 aliphatic rings. The van der Waals surface area contributed by atoms with Crippen LogP contribution in [0.1, 0.15) is 12.5 Å². The van der Waals surface area contributed by atoms with Gasteiger partial charge in [0.1, 0.15) is 23.3 Å². The molecule has 7 heteroatoms. The van der Waals surface area contributed by atoms with Crippen molar-refractivity contribution in [2.75, 3.05) is 19.5 Å². The zero-order valence-corrected chi connectivity index (χ0v) is 14.3. The van der Waals surface area contributed by atoms with E-state index in [1.54, 1.807) is 32.2 Å². The van der Waals surface area contributed by atoms with Gasteiger partial charge in [-0.25, -0.2) is 5.43 Å². The van der Waals surface area contributed by atoms with Gasteiger partial charge in [-0.1, -0.05) is 12.1 Å². The maximum absolute atomic E-state index is 12.1. The number of nitrogens with one attached hydrogen (secondary N) is 2. The minimum absolute atomic E-state index is 0.0407. The molecule has 132 valence electrons. The van der Waals surface area contributed by atoms with Crippen LogP contribution < -0.4 is 20.2 Å². The third-order valence-electron chi connectivity index (χ3n) is 3.49. The maximum atomic E-state index is 12.1. The first kappa shape index (κ1) is 18.1. The number of ether oxygens (including phenoxy) is 2. The standard InChI is InChI=1S/C18H21N3O4/c1-12(20-15-6-4-5-7-17(15)25-3)18(23)21-19-11-13-10-14(24-2)8-9-16(13)22/h4-12,20,22H,1-3H3,(H,21,23)/b19-11-/t12-/m1/s1. The van der Waals surface area contributed by atoms with Gasteiger partial charge < -0.3 is 19.9 Å². The van der Waals surface area contributed by atoms with Gasteiger partial charge in [-0.2, -0.15) is 5.10 Å².